The number of rotatable bonds is 29. The summed E-state index contributed by atoms with van der Waals surface area (Å²) in [7, 11) is 5.58. The van der Waals surface area contributed by atoms with Gasteiger partial charge in [0.15, 0.2) is 31.2 Å². The third kappa shape index (κ3) is 16.9. The van der Waals surface area contributed by atoms with Gasteiger partial charge in [0.2, 0.25) is 41.1 Å². The molecule has 4 fully saturated rings. The number of hydrogen-bond donors (Lipinski definition) is 8. The smallest absolute Gasteiger partial charge is 0.409 e. The fourth-order valence-corrected chi connectivity index (χ4v) is 13.8. The highest BCUT2D eigenvalue weighted by molar-refractivity contribution is 8.00. The Labute approximate surface area is 575 Å². The number of phenols is 2. The van der Waals surface area contributed by atoms with Gasteiger partial charge < -0.3 is 90.0 Å². The number of nitrogens with one attached hydrogen (secondary N) is 4. The summed E-state index contributed by atoms with van der Waals surface area (Å²) in [5, 5.41) is 47.1. The van der Waals surface area contributed by atoms with Crippen LogP contribution in [0.4, 0.5) is 20.1 Å². The van der Waals surface area contributed by atoms with Crippen molar-refractivity contribution in [1.29, 1.82) is 0 Å². The van der Waals surface area contributed by atoms with Gasteiger partial charge in [0.05, 0.1) is 47.9 Å². The van der Waals surface area contributed by atoms with Crippen LogP contribution in [0.5, 0.6) is 17.2 Å². The number of nitrogens with two attached hydrogens (primary N) is 1. The minimum atomic E-state index is -2.49. The Kier molecular flexibility index (Phi) is 24.7. The number of amides is 9. The van der Waals surface area contributed by atoms with E-state index in [9.17, 15) is 68.1 Å². The van der Waals surface area contributed by atoms with E-state index in [0.29, 0.717) is 43.7 Å². The average molecular weight is 1400 g/mol. The predicted molar refractivity (Wildman–Crippen MR) is 351 cm³/mol. The largest absolute Gasteiger partial charge is 0.507 e. The Morgan fingerprint density at radius 3 is 2.23 bits per heavy atom. The molecule has 0 aromatic heterocycles. The molecule has 0 radical (unpaired) electrons. The second-order valence-corrected chi connectivity index (χ2v) is 26.7. The number of anilines is 1. The second kappa shape index (κ2) is 32.7. The van der Waals surface area contributed by atoms with Crippen molar-refractivity contribution >= 4 is 82.6 Å². The maximum atomic E-state index is 14.3. The molecule has 0 bridgehead atoms. The molecule has 6 aliphatic rings. The van der Waals surface area contributed by atoms with Crippen LogP contribution in [0.3, 0.4) is 0 Å². The average Bonchev–Trinajstić information content (AvgIpc) is 1.24. The van der Waals surface area contributed by atoms with E-state index in [-0.39, 0.29) is 122 Å². The lowest BCUT2D eigenvalue weighted by atomic mass is 9.72. The van der Waals surface area contributed by atoms with Crippen LogP contribution in [0.25, 0.3) is 0 Å². The van der Waals surface area contributed by atoms with Gasteiger partial charge in [-0.1, -0.05) is 44.5 Å². The van der Waals surface area contributed by atoms with E-state index in [1.54, 1.807) is 51.3 Å². The van der Waals surface area contributed by atoms with Gasteiger partial charge in [0.1, 0.15) is 47.6 Å². The van der Waals surface area contributed by atoms with Gasteiger partial charge in [-0.2, -0.15) is 11.8 Å². The lowest BCUT2D eigenvalue weighted by molar-refractivity contribution is -0.256. The summed E-state index contributed by atoms with van der Waals surface area (Å²) in [6.45, 7) is 5.03. The molecule has 11 atom stereocenters. The van der Waals surface area contributed by atoms with Crippen molar-refractivity contribution in [2.24, 2.45) is 11.7 Å². The highest BCUT2D eigenvalue weighted by Gasteiger charge is 2.56. The van der Waals surface area contributed by atoms with Crippen molar-refractivity contribution in [2.75, 3.05) is 85.8 Å². The van der Waals surface area contributed by atoms with E-state index in [0.717, 1.165) is 4.90 Å². The van der Waals surface area contributed by atoms with E-state index < -0.39 is 150 Å². The summed E-state index contributed by atoms with van der Waals surface area (Å²) in [4.78, 5) is 152. The van der Waals surface area contributed by atoms with Gasteiger partial charge in [-0.15, -0.1) is 0 Å². The maximum Gasteiger partial charge on any atom is 0.409 e. The number of nitrogens with zero attached hydrogens (tertiary/aromatic N) is 4. The molecule has 1 unspecified atom stereocenters. The van der Waals surface area contributed by atoms with E-state index in [1.165, 1.54) is 68.1 Å². The first-order valence-corrected chi connectivity index (χ1v) is 34.1. The van der Waals surface area contributed by atoms with Crippen LogP contribution in [0, 0.1) is 5.92 Å². The number of ether oxygens (including phenoxy) is 8. The van der Waals surface area contributed by atoms with Crippen LogP contribution in [0.1, 0.15) is 133 Å². The number of imide groups is 1. The normalized spacial score (nSPS) is 23.7. The Hall–Kier alpha value is -8.50. The molecule has 0 saturated carbocycles. The number of carbonyl (C=O) groups is 11. The number of likely N-dealkylation sites (tertiary alicyclic amines) is 1. The lowest BCUT2D eigenvalue weighted by Gasteiger charge is -2.43. The molecule has 4 heterocycles. The number of morpholine rings is 1. The molecule has 4 aliphatic heterocycles. The summed E-state index contributed by atoms with van der Waals surface area (Å²) < 4.78 is 46.9. The Morgan fingerprint density at radius 1 is 0.859 bits per heavy atom. The minimum absolute atomic E-state index is 0.0444. The monoisotopic (exact) mass is 1400 g/mol. The van der Waals surface area contributed by atoms with Gasteiger partial charge >= 0.3 is 18.2 Å². The Balaban J connectivity index is 0.768. The van der Waals surface area contributed by atoms with Gasteiger partial charge in [0, 0.05) is 114 Å². The number of likely N-dealkylation sites (N-methyl/N-ethyl adjacent to an activating group) is 2. The molecule has 9 amide bonds. The zero-order valence-corrected chi connectivity index (χ0v) is 57.3. The van der Waals surface area contributed by atoms with Crippen LogP contribution in [-0.2, 0) is 75.0 Å². The summed E-state index contributed by atoms with van der Waals surface area (Å²) in [5.41, 5.74) is 1.79. The number of carbonyl (C=O) groups excluding carboxylic acids is 11. The molecule has 538 valence electrons. The number of fused-ring (bicyclic) bond motifs is 6. The van der Waals surface area contributed by atoms with Gasteiger partial charge in [-0.05, 0) is 68.5 Å². The van der Waals surface area contributed by atoms with E-state index >= 15 is 0 Å². The highest BCUT2D eigenvalue weighted by Crippen LogP contribution is 2.53. The van der Waals surface area contributed by atoms with Crippen molar-refractivity contribution in [1.82, 2.24) is 35.6 Å². The molecular formula is C67H87N9O22S. The van der Waals surface area contributed by atoms with Crippen LogP contribution < -0.4 is 31.7 Å². The summed E-state index contributed by atoms with van der Waals surface area (Å²) in [6, 6.07) is 7.39. The summed E-state index contributed by atoms with van der Waals surface area (Å²) >= 11 is 1.34. The second-order valence-electron chi connectivity index (χ2n) is 25.7. The van der Waals surface area contributed by atoms with E-state index in [4.69, 9.17) is 43.6 Å². The topological polar surface area (TPSA) is 409 Å². The van der Waals surface area contributed by atoms with Crippen LogP contribution >= 0.6 is 11.8 Å². The SMILES string of the molecule is COc1cccc2c1C(=O)c1c(O)c3c(c(O)c1C2=O)C[C@@](O)(C(=O)COC(=O)N(C)CCN(C)C(=O)OCc1ccc(NC(=O)[C@H](CCCNC(N)=O)NC(=O)[C@@H](NC(=O)CCCCCN2C(=O)CC(SC)C2=O)C(C)C)cc1)C[C@@H]3O[C@H]1C[C@H]2[C@H](O[C@@H]3[C@@H](OC)OCCN32)[C@H](C)O1. The predicted octanol–water partition coefficient (Wildman–Crippen LogP) is 3.12. The van der Waals surface area contributed by atoms with Crippen molar-refractivity contribution in [2.45, 2.75) is 158 Å². The standard InChI is InChI=1S/C67H87N9O22S/c1-34(2)53(72-46(78)17-10-9-11-23-76-47(79)29-44(99-8)61(76)86)60(85)71-40(15-13-22-69-64(68)87)59(84)70-37-20-18-36(19-21-37)32-94-65(88)73(4)24-25-74(5)66(89)95-33-45(77)67(90)30-39-50(57(83)52-51(55(39)81)54(80)38-14-12-16-42(91-6)49(38)56(52)82)43(31-67)97-48-28-41-58(35(3)96-48)98-62-63(92-7)93-27-26-75(41)62/h12,14,16,18-21,34-35,40-41,43-44,48,53,58,62-63,81,83,90H,9-11,13,15,17,22-33H2,1-8H3,(H,70,84)(H,71,85)(H,72,78)(H3,68,69,87)/t35-,40-,41-,43-,44?,48-,53-,58+,62+,63-,67-/m0/s1. The number of unbranched alkanes of at least 4 members (excludes halogenated alkanes) is 2. The van der Waals surface area contributed by atoms with E-state index in [1.807, 2.05) is 0 Å². The highest BCUT2D eigenvalue weighted by atomic mass is 32.2. The van der Waals surface area contributed by atoms with E-state index in [2.05, 4.69) is 26.2 Å². The number of Topliss-reactive ketones (excluding diaryl/α,β-unsaturated/α-hetero) is 1. The maximum absolute atomic E-state index is 14.3. The number of phenolic OH excluding ortho intramolecular Hbond substituents is 2. The van der Waals surface area contributed by atoms with Crippen LogP contribution in [0.2, 0.25) is 0 Å². The van der Waals surface area contributed by atoms with Crippen molar-refractivity contribution in [3.05, 3.63) is 81.4 Å². The molecule has 0 spiro atoms. The number of aromatic hydroxyl groups is 2. The number of hydrogen-bond acceptors (Lipinski definition) is 24. The first-order chi connectivity index (χ1) is 47.2. The number of methoxy groups -OCH3 is 2. The molecule has 32 heteroatoms. The molecule has 3 aromatic rings. The van der Waals surface area contributed by atoms with Crippen LogP contribution in [0.15, 0.2) is 42.5 Å². The fraction of sp³-hybridized carbons (Fsp3) is 0.567. The molecule has 2 aliphatic carbocycles. The molecule has 9 N–H and O–H groups in total. The Bertz CT molecular complexity index is 3580. The molecule has 4 saturated heterocycles. The quantitative estimate of drug-likeness (QED) is 0.0220. The summed E-state index contributed by atoms with van der Waals surface area (Å²) in [5.74, 6) is -6.58. The fourth-order valence-electron chi connectivity index (χ4n) is 13.2. The Morgan fingerprint density at radius 2 is 1.57 bits per heavy atom. The number of aliphatic hydroxyl groups is 1. The third-order valence-corrected chi connectivity index (χ3v) is 19.6. The van der Waals surface area contributed by atoms with Gasteiger partial charge in [-0.3, -0.25) is 48.2 Å². The number of ketones is 3. The zero-order chi connectivity index (χ0) is 71.7. The molecule has 31 nitrogen and oxygen atoms in total. The van der Waals surface area contributed by atoms with Gasteiger partial charge in [0.25, 0.3) is 0 Å². The zero-order valence-electron chi connectivity index (χ0n) is 56.5. The minimum Gasteiger partial charge on any atom is -0.507 e. The number of benzene rings is 3. The van der Waals surface area contributed by atoms with Crippen molar-refractivity contribution in [3.63, 3.8) is 0 Å². The number of urea groups is 1. The summed E-state index contributed by atoms with van der Waals surface area (Å²) in [6.07, 6.45) is -3.94. The molecule has 9 rings (SSSR count). The molecule has 3 aromatic carbocycles. The van der Waals surface area contributed by atoms with Crippen molar-refractivity contribution in [3.8, 4) is 17.2 Å². The van der Waals surface area contributed by atoms with Gasteiger partial charge in [-0.25, -0.2) is 14.4 Å². The number of thioether (sulfide) groups is 1. The lowest BCUT2D eigenvalue weighted by Crippen LogP contribution is -2.55. The van der Waals surface area contributed by atoms with Crippen LogP contribution in [-0.4, -0.2) is 241 Å². The molecule has 99 heavy (non-hydrogen) atoms. The van der Waals surface area contributed by atoms with Crippen molar-refractivity contribution < 1.29 is 106 Å². The number of primary amides is 1. The molecular weight excluding hydrogens is 1310 g/mol. The first kappa shape index (κ1) is 74.7. The third-order valence-electron chi connectivity index (χ3n) is 18.6. The first-order valence-electron chi connectivity index (χ1n) is 32.8.